The van der Waals surface area contributed by atoms with Crippen LogP contribution >= 0.6 is 11.6 Å². The molecule has 0 amide bonds. The maximum atomic E-state index is 13.7. The highest BCUT2D eigenvalue weighted by atomic mass is 35.5. The summed E-state index contributed by atoms with van der Waals surface area (Å²) in [4.78, 5) is -0.204. The number of anilines is 2. The standard InChI is InChI=1S/C13H11ClF2N2O2S/c1-7-4-11(16)13(6-10(7)15)18-21(19,20)8-2-3-9(14)12(17)5-8/h2-6,18H,17H2,1H3. The minimum Gasteiger partial charge on any atom is -0.397 e. The Morgan fingerprint density at radius 3 is 2.43 bits per heavy atom. The van der Waals surface area contributed by atoms with Gasteiger partial charge in [-0.05, 0) is 36.8 Å². The summed E-state index contributed by atoms with van der Waals surface area (Å²) in [6.07, 6.45) is 0. The van der Waals surface area contributed by atoms with Gasteiger partial charge in [0, 0.05) is 6.07 Å². The van der Waals surface area contributed by atoms with Gasteiger partial charge in [-0.15, -0.1) is 0 Å². The Labute approximate surface area is 125 Å². The van der Waals surface area contributed by atoms with E-state index in [4.69, 9.17) is 17.3 Å². The maximum Gasteiger partial charge on any atom is 0.262 e. The van der Waals surface area contributed by atoms with E-state index in [-0.39, 0.29) is 21.2 Å². The topological polar surface area (TPSA) is 72.2 Å². The molecular weight excluding hydrogens is 322 g/mol. The van der Waals surface area contributed by atoms with Gasteiger partial charge in [0.15, 0.2) is 0 Å². The highest BCUT2D eigenvalue weighted by molar-refractivity contribution is 7.92. The zero-order chi connectivity index (χ0) is 15.8. The SMILES string of the molecule is Cc1cc(F)c(NS(=O)(=O)c2ccc(Cl)c(N)c2)cc1F. The molecule has 112 valence electrons. The van der Waals surface area contributed by atoms with Gasteiger partial charge < -0.3 is 5.73 Å². The number of nitrogens with one attached hydrogen (secondary N) is 1. The number of hydrogen-bond acceptors (Lipinski definition) is 3. The van der Waals surface area contributed by atoms with Gasteiger partial charge in [-0.2, -0.15) is 0 Å². The quantitative estimate of drug-likeness (QED) is 0.847. The second-order valence-corrected chi connectivity index (χ2v) is 6.46. The molecule has 0 fully saturated rings. The van der Waals surface area contributed by atoms with E-state index >= 15 is 0 Å². The highest BCUT2D eigenvalue weighted by Gasteiger charge is 2.18. The smallest absolute Gasteiger partial charge is 0.262 e. The van der Waals surface area contributed by atoms with Crippen LogP contribution in [-0.2, 0) is 10.0 Å². The molecule has 0 bridgehead atoms. The van der Waals surface area contributed by atoms with Gasteiger partial charge in [-0.1, -0.05) is 11.6 Å². The molecule has 3 N–H and O–H groups in total. The lowest BCUT2D eigenvalue weighted by atomic mass is 10.2. The molecule has 2 aromatic rings. The Morgan fingerprint density at radius 2 is 1.81 bits per heavy atom. The number of benzene rings is 2. The van der Waals surface area contributed by atoms with Crippen molar-refractivity contribution >= 4 is 33.0 Å². The number of sulfonamides is 1. The number of hydrogen-bond donors (Lipinski definition) is 2. The average molecular weight is 333 g/mol. The lowest BCUT2D eigenvalue weighted by Gasteiger charge is -2.11. The van der Waals surface area contributed by atoms with E-state index in [1.165, 1.54) is 19.1 Å². The molecule has 0 saturated carbocycles. The molecule has 4 nitrogen and oxygen atoms in total. The van der Waals surface area contributed by atoms with Gasteiger partial charge in [0.05, 0.1) is 21.3 Å². The van der Waals surface area contributed by atoms with E-state index in [2.05, 4.69) is 0 Å². The summed E-state index contributed by atoms with van der Waals surface area (Å²) in [5, 5.41) is 0.196. The average Bonchev–Trinajstić information content (AvgIpc) is 2.39. The molecule has 0 saturated heterocycles. The fourth-order valence-electron chi connectivity index (χ4n) is 1.62. The predicted molar refractivity (Wildman–Crippen MR) is 77.8 cm³/mol. The Morgan fingerprint density at radius 1 is 1.14 bits per heavy atom. The molecular formula is C13H11ClF2N2O2S. The lowest BCUT2D eigenvalue weighted by Crippen LogP contribution is -2.14. The molecule has 0 aliphatic rings. The molecule has 0 aliphatic carbocycles. The van der Waals surface area contributed by atoms with Crippen molar-refractivity contribution in [2.24, 2.45) is 0 Å². The second kappa shape index (κ2) is 5.50. The molecule has 0 spiro atoms. The van der Waals surface area contributed by atoms with Crippen LogP contribution in [0.3, 0.4) is 0 Å². The summed E-state index contributed by atoms with van der Waals surface area (Å²) in [5.74, 6) is -1.59. The third-order valence-corrected chi connectivity index (χ3v) is 4.48. The fourth-order valence-corrected chi connectivity index (χ4v) is 2.83. The Balaban J connectivity index is 2.42. The largest absolute Gasteiger partial charge is 0.397 e. The van der Waals surface area contributed by atoms with Gasteiger partial charge in [0.25, 0.3) is 10.0 Å². The van der Waals surface area contributed by atoms with Crippen molar-refractivity contribution in [2.75, 3.05) is 10.5 Å². The van der Waals surface area contributed by atoms with Crippen LogP contribution in [0.25, 0.3) is 0 Å². The zero-order valence-electron chi connectivity index (χ0n) is 10.8. The van der Waals surface area contributed by atoms with Crippen LogP contribution in [0.1, 0.15) is 5.56 Å². The van der Waals surface area contributed by atoms with Crippen LogP contribution in [0.4, 0.5) is 20.2 Å². The first kappa shape index (κ1) is 15.5. The van der Waals surface area contributed by atoms with Crippen LogP contribution in [0, 0.1) is 18.6 Å². The van der Waals surface area contributed by atoms with Crippen molar-refractivity contribution in [1.29, 1.82) is 0 Å². The number of aryl methyl sites for hydroxylation is 1. The zero-order valence-corrected chi connectivity index (χ0v) is 12.4. The van der Waals surface area contributed by atoms with Gasteiger partial charge in [0.2, 0.25) is 0 Å². The van der Waals surface area contributed by atoms with Gasteiger partial charge >= 0.3 is 0 Å². The van der Waals surface area contributed by atoms with E-state index in [1.807, 2.05) is 4.72 Å². The Kier molecular flexibility index (Phi) is 4.06. The molecule has 0 unspecified atom stereocenters. The fraction of sp³-hybridized carbons (Fsp3) is 0.0769. The number of rotatable bonds is 3. The molecule has 0 aliphatic heterocycles. The monoisotopic (exact) mass is 332 g/mol. The van der Waals surface area contributed by atoms with E-state index in [1.54, 1.807) is 0 Å². The number of nitrogens with two attached hydrogens (primary N) is 1. The van der Waals surface area contributed by atoms with E-state index < -0.39 is 27.3 Å². The lowest BCUT2D eigenvalue weighted by molar-refractivity contribution is 0.590. The first-order valence-corrected chi connectivity index (χ1v) is 7.60. The normalized spacial score (nSPS) is 11.4. The molecule has 0 radical (unpaired) electrons. The minimum absolute atomic E-state index is 0.0649. The number of halogens is 3. The summed E-state index contributed by atoms with van der Waals surface area (Å²) in [5.41, 5.74) is 5.19. The third kappa shape index (κ3) is 3.25. The van der Waals surface area contributed by atoms with E-state index in [9.17, 15) is 17.2 Å². The molecule has 2 rings (SSSR count). The van der Waals surface area contributed by atoms with Crippen LogP contribution in [0.15, 0.2) is 35.2 Å². The van der Waals surface area contributed by atoms with Crippen LogP contribution in [0.2, 0.25) is 5.02 Å². The van der Waals surface area contributed by atoms with Crippen molar-refractivity contribution in [2.45, 2.75) is 11.8 Å². The summed E-state index contributed by atoms with van der Waals surface area (Å²) < 4.78 is 53.3. The first-order valence-electron chi connectivity index (χ1n) is 5.74. The predicted octanol–water partition coefficient (Wildman–Crippen LogP) is 3.31. The van der Waals surface area contributed by atoms with Gasteiger partial charge in [0.1, 0.15) is 11.6 Å². The van der Waals surface area contributed by atoms with E-state index in [0.717, 1.165) is 18.2 Å². The van der Waals surface area contributed by atoms with Crippen LogP contribution in [0.5, 0.6) is 0 Å². The van der Waals surface area contributed by atoms with Gasteiger partial charge in [-0.25, -0.2) is 17.2 Å². The summed E-state index contributed by atoms with van der Waals surface area (Å²) in [6.45, 7) is 1.37. The van der Waals surface area contributed by atoms with Crippen molar-refractivity contribution in [3.8, 4) is 0 Å². The summed E-state index contributed by atoms with van der Waals surface area (Å²) in [7, 11) is -4.10. The Bertz CT molecular complexity index is 810. The van der Waals surface area contributed by atoms with Crippen LogP contribution < -0.4 is 10.5 Å². The van der Waals surface area contributed by atoms with Crippen molar-refractivity contribution in [3.63, 3.8) is 0 Å². The minimum atomic E-state index is -4.10. The summed E-state index contributed by atoms with van der Waals surface area (Å²) in [6, 6.07) is 5.33. The second-order valence-electron chi connectivity index (χ2n) is 4.37. The maximum absolute atomic E-state index is 13.7. The van der Waals surface area contributed by atoms with Crippen LogP contribution in [-0.4, -0.2) is 8.42 Å². The molecule has 0 aromatic heterocycles. The number of nitrogen functional groups attached to an aromatic ring is 1. The third-order valence-electron chi connectivity index (χ3n) is 2.77. The van der Waals surface area contributed by atoms with Crippen molar-refractivity contribution in [3.05, 3.63) is 52.6 Å². The highest BCUT2D eigenvalue weighted by Crippen LogP contribution is 2.25. The van der Waals surface area contributed by atoms with Crippen molar-refractivity contribution in [1.82, 2.24) is 0 Å². The molecule has 0 atom stereocenters. The molecule has 2 aromatic carbocycles. The summed E-state index contributed by atoms with van der Waals surface area (Å²) >= 11 is 5.70. The molecule has 8 heteroatoms. The molecule has 0 heterocycles. The Hall–Kier alpha value is -1.86. The van der Waals surface area contributed by atoms with Gasteiger partial charge in [-0.3, -0.25) is 4.72 Å². The molecule has 21 heavy (non-hydrogen) atoms. The van der Waals surface area contributed by atoms with Crippen molar-refractivity contribution < 1.29 is 17.2 Å². The van der Waals surface area contributed by atoms with E-state index in [0.29, 0.717) is 0 Å². The first-order chi connectivity index (χ1) is 9.70.